The Morgan fingerprint density at radius 1 is 1.46 bits per heavy atom. The molecule has 13 heavy (non-hydrogen) atoms. The molecule has 0 N–H and O–H groups in total. The molecule has 2 rings (SSSR count). The molecule has 0 spiro atoms. The summed E-state index contributed by atoms with van der Waals surface area (Å²) in [5.41, 5.74) is 1.67. The Morgan fingerprint density at radius 3 is 3.08 bits per heavy atom. The number of nitrogens with zero attached hydrogens (tertiary/aromatic N) is 1. The Balaban J connectivity index is 2.39. The van der Waals surface area contributed by atoms with Crippen LogP contribution in [0.5, 0.6) is 0 Å². The molecular weight excluding hydrogens is 182 g/mol. The zero-order chi connectivity index (χ0) is 9.26. The van der Waals surface area contributed by atoms with Gasteiger partial charge in [-0.05, 0) is 24.0 Å². The molecule has 1 amide bonds. The molecule has 2 nitrogen and oxygen atoms in total. The molecule has 1 aromatic rings. The first-order chi connectivity index (χ1) is 6.31. The van der Waals surface area contributed by atoms with Gasteiger partial charge in [0.1, 0.15) is 0 Å². The summed E-state index contributed by atoms with van der Waals surface area (Å²) < 4.78 is 0. The van der Waals surface area contributed by atoms with E-state index in [1.54, 1.807) is 18.0 Å². The third kappa shape index (κ3) is 1.52. The summed E-state index contributed by atoms with van der Waals surface area (Å²) in [4.78, 5) is 16.1. The average Bonchev–Trinajstić information content (AvgIpc) is 2.48. The molecule has 1 aliphatic rings. The van der Waals surface area contributed by atoms with Crippen molar-refractivity contribution in [3.63, 3.8) is 0 Å². The topological polar surface area (TPSA) is 29.4 Å². The first-order valence-corrected chi connectivity index (χ1v) is 5.15. The van der Waals surface area contributed by atoms with Crippen LogP contribution >= 0.6 is 11.8 Å². The van der Waals surface area contributed by atoms with E-state index in [4.69, 9.17) is 0 Å². The van der Waals surface area contributed by atoms with Gasteiger partial charge in [0.2, 0.25) is 0 Å². The van der Waals surface area contributed by atoms with Crippen LogP contribution in [-0.4, -0.2) is 17.9 Å². The van der Waals surface area contributed by atoms with Gasteiger partial charge in [-0.3, -0.25) is 4.79 Å². The molecular formula is C10H9NOS. The monoisotopic (exact) mass is 191 g/mol. The normalized spacial score (nSPS) is 13.5. The first-order valence-electron chi connectivity index (χ1n) is 4.16. The molecule has 0 atom stereocenters. The van der Waals surface area contributed by atoms with E-state index in [2.05, 4.69) is 11.9 Å². The van der Waals surface area contributed by atoms with Gasteiger partial charge in [-0.25, -0.2) is 4.99 Å². The van der Waals surface area contributed by atoms with Crippen molar-refractivity contribution in [2.24, 2.45) is 4.99 Å². The molecule has 3 heteroatoms. The van der Waals surface area contributed by atoms with E-state index in [-0.39, 0.29) is 5.91 Å². The minimum Gasteiger partial charge on any atom is -0.267 e. The molecule has 0 unspecified atom stereocenters. The van der Waals surface area contributed by atoms with Crippen molar-refractivity contribution < 1.29 is 4.79 Å². The second kappa shape index (κ2) is 3.34. The lowest BCUT2D eigenvalue weighted by molar-refractivity contribution is 0.101. The van der Waals surface area contributed by atoms with Gasteiger partial charge in [-0.2, -0.15) is 0 Å². The van der Waals surface area contributed by atoms with Gasteiger partial charge >= 0.3 is 0 Å². The summed E-state index contributed by atoms with van der Waals surface area (Å²) in [6.07, 6.45) is 1.64. The van der Waals surface area contributed by atoms with Crippen molar-refractivity contribution >= 4 is 23.9 Å². The summed E-state index contributed by atoms with van der Waals surface area (Å²) in [6, 6.07) is 5.83. The van der Waals surface area contributed by atoms with Crippen LogP contribution in [0.4, 0.5) is 0 Å². The highest BCUT2D eigenvalue weighted by Gasteiger charge is 2.14. The second-order valence-electron chi connectivity index (χ2n) is 2.75. The first kappa shape index (κ1) is 8.51. The van der Waals surface area contributed by atoms with Crippen LogP contribution in [-0.2, 0) is 0 Å². The molecule has 0 radical (unpaired) electrons. The lowest BCUT2D eigenvalue weighted by atomic mass is 10.1. The number of fused-ring (bicyclic) bond motifs is 1. The van der Waals surface area contributed by atoms with Gasteiger partial charge in [0.25, 0.3) is 5.91 Å². The van der Waals surface area contributed by atoms with Gasteiger partial charge < -0.3 is 0 Å². The molecule has 0 aromatic heterocycles. The zero-order valence-corrected chi connectivity index (χ0v) is 8.10. The smallest absolute Gasteiger partial charge is 0.267 e. The van der Waals surface area contributed by atoms with Crippen LogP contribution in [0.2, 0.25) is 0 Å². The highest BCUT2D eigenvalue weighted by atomic mass is 32.2. The van der Waals surface area contributed by atoms with Crippen LogP contribution < -0.4 is 0 Å². The molecule has 0 bridgehead atoms. The third-order valence-corrected chi connectivity index (χ3v) is 2.76. The van der Waals surface area contributed by atoms with Crippen molar-refractivity contribution in [2.75, 3.05) is 5.75 Å². The Hall–Kier alpha value is -1.09. The Kier molecular flexibility index (Phi) is 2.19. The summed E-state index contributed by atoms with van der Waals surface area (Å²) in [6.45, 7) is 2.11. The van der Waals surface area contributed by atoms with E-state index in [1.807, 2.05) is 18.2 Å². The number of aliphatic imine (C=N–C) groups is 1. The number of amides is 1. The van der Waals surface area contributed by atoms with Gasteiger partial charge in [0.15, 0.2) is 0 Å². The Bertz CT molecular complexity index is 385. The molecule has 0 saturated heterocycles. The number of hydrogen-bond donors (Lipinski definition) is 0. The number of carbonyl (C=O) groups excluding carboxylic acids is 1. The van der Waals surface area contributed by atoms with Crippen LogP contribution in [0.15, 0.2) is 28.1 Å². The molecule has 0 saturated carbocycles. The van der Waals surface area contributed by atoms with Crippen LogP contribution in [0.3, 0.4) is 0 Å². The highest BCUT2D eigenvalue weighted by molar-refractivity contribution is 7.99. The molecule has 66 valence electrons. The van der Waals surface area contributed by atoms with E-state index in [0.717, 1.165) is 16.9 Å². The maximum atomic E-state index is 11.1. The number of benzene rings is 1. The number of rotatable bonds is 2. The van der Waals surface area contributed by atoms with E-state index >= 15 is 0 Å². The highest BCUT2D eigenvalue weighted by Crippen LogP contribution is 2.23. The van der Waals surface area contributed by atoms with Crippen molar-refractivity contribution in [1.29, 1.82) is 0 Å². The van der Waals surface area contributed by atoms with E-state index in [0.29, 0.717) is 0 Å². The lowest BCUT2D eigenvalue weighted by Gasteiger charge is -2.00. The fraction of sp³-hybridized carbons (Fsp3) is 0.200. The largest absolute Gasteiger partial charge is 0.277 e. The van der Waals surface area contributed by atoms with Crippen molar-refractivity contribution in [1.82, 2.24) is 0 Å². The molecule has 1 aromatic carbocycles. The predicted molar refractivity (Wildman–Crippen MR) is 54.8 cm³/mol. The SMILES string of the molecule is CCSc1ccc2c(c1)C=NC2=O. The van der Waals surface area contributed by atoms with Crippen molar-refractivity contribution in [2.45, 2.75) is 11.8 Å². The summed E-state index contributed by atoms with van der Waals surface area (Å²) >= 11 is 1.77. The van der Waals surface area contributed by atoms with Crippen molar-refractivity contribution in [3.05, 3.63) is 29.3 Å². The molecule has 0 fully saturated rings. The molecule has 1 aliphatic heterocycles. The fourth-order valence-corrected chi connectivity index (χ4v) is 2.00. The summed E-state index contributed by atoms with van der Waals surface area (Å²) in [7, 11) is 0. The van der Waals surface area contributed by atoms with Crippen LogP contribution in [0.25, 0.3) is 0 Å². The minimum absolute atomic E-state index is 0.122. The minimum atomic E-state index is -0.122. The zero-order valence-electron chi connectivity index (χ0n) is 7.28. The molecule has 0 aliphatic carbocycles. The van der Waals surface area contributed by atoms with E-state index in [1.165, 1.54) is 4.90 Å². The molecule has 1 heterocycles. The van der Waals surface area contributed by atoms with Gasteiger partial charge in [0, 0.05) is 16.7 Å². The third-order valence-electron chi connectivity index (χ3n) is 1.89. The standard InChI is InChI=1S/C10H9NOS/c1-2-13-8-3-4-9-7(5-8)6-11-10(9)12/h3-6H,2H2,1H3. The van der Waals surface area contributed by atoms with E-state index < -0.39 is 0 Å². The predicted octanol–water partition coefficient (Wildman–Crippen LogP) is 2.37. The van der Waals surface area contributed by atoms with E-state index in [9.17, 15) is 4.79 Å². The van der Waals surface area contributed by atoms with Crippen LogP contribution in [0.1, 0.15) is 22.8 Å². The van der Waals surface area contributed by atoms with Crippen LogP contribution in [0, 0.1) is 0 Å². The maximum absolute atomic E-state index is 11.1. The summed E-state index contributed by atoms with van der Waals surface area (Å²) in [5, 5.41) is 0. The lowest BCUT2D eigenvalue weighted by Crippen LogP contribution is -1.91. The van der Waals surface area contributed by atoms with Crippen molar-refractivity contribution in [3.8, 4) is 0 Å². The average molecular weight is 191 g/mol. The number of carbonyl (C=O) groups is 1. The number of thioether (sulfide) groups is 1. The fourth-order valence-electron chi connectivity index (χ4n) is 1.30. The van der Waals surface area contributed by atoms with Gasteiger partial charge in [-0.1, -0.05) is 6.92 Å². The van der Waals surface area contributed by atoms with Gasteiger partial charge in [-0.15, -0.1) is 11.8 Å². The quantitative estimate of drug-likeness (QED) is 0.672. The number of hydrogen-bond acceptors (Lipinski definition) is 2. The Morgan fingerprint density at radius 2 is 2.31 bits per heavy atom. The Labute approximate surface area is 81.1 Å². The summed E-state index contributed by atoms with van der Waals surface area (Å²) in [5.74, 6) is 0.923. The maximum Gasteiger partial charge on any atom is 0.277 e. The van der Waals surface area contributed by atoms with Gasteiger partial charge in [0.05, 0.1) is 5.56 Å². The second-order valence-corrected chi connectivity index (χ2v) is 4.08.